The smallest absolute Gasteiger partial charge is 0.256 e. The summed E-state index contributed by atoms with van der Waals surface area (Å²) in [5, 5.41) is 11.8. The van der Waals surface area contributed by atoms with Gasteiger partial charge in [-0.2, -0.15) is 0 Å². The summed E-state index contributed by atoms with van der Waals surface area (Å²) in [4.78, 5) is 11.6. The van der Waals surface area contributed by atoms with Crippen LogP contribution < -0.4 is 5.32 Å². The number of rotatable bonds is 3. The number of hydrogen-bond donors (Lipinski definition) is 2. The fourth-order valence-electron chi connectivity index (χ4n) is 1.24. The molecule has 14 heavy (non-hydrogen) atoms. The molecule has 1 fully saturated rings. The number of nitrogens with one attached hydrogen (secondary N) is 1. The molecular formula is C9H10ClNO3. The molecule has 1 aromatic rings. The molecule has 0 bridgehead atoms. The third-order valence-corrected chi connectivity index (χ3v) is 2.69. The Bertz CT molecular complexity index is 357. The molecule has 1 heterocycles. The largest absolute Gasteiger partial charge is 0.452 e. The van der Waals surface area contributed by atoms with Crippen LogP contribution in [0, 0.1) is 0 Å². The van der Waals surface area contributed by atoms with Gasteiger partial charge in [0.2, 0.25) is 5.22 Å². The Hall–Kier alpha value is -1.00. The van der Waals surface area contributed by atoms with Crippen LogP contribution in [0.25, 0.3) is 0 Å². The van der Waals surface area contributed by atoms with E-state index in [4.69, 9.17) is 21.1 Å². The Morgan fingerprint density at radius 3 is 2.86 bits per heavy atom. The Kier molecular flexibility index (Phi) is 2.25. The molecule has 76 valence electrons. The maximum absolute atomic E-state index is 11.6. The molecule has 2 rings (SSSR count). The van der Waals surface area contributed by atoms with Gasteiger partial charge in [0.1, 0.15) is 0 Å². The minimum atomic E-state index is -0.419. The van der Waals surface area contributed by atoms with Gasteiger partial charge in [0.25, 0.3) is 5.91 Å². The highest BCUT2D eigenvalue weighted by molar-refractivity contribution is 6.32. The molecule has 0 spiro atoms. The lowest BCUT2D eigenvalue weighted by Crippen LogP contribution is -2.39. The third kappa shape index (κ3) is 1.63. The van der Waals surface area contributed by atoms with Crippen molar-refractivity contribution in [3.8, 4) is 0 Å². The number of furan rings is 1. The van der Waals surface area contributed by atoms with E-state index in [9.17, 15) is 4.79 Å². The third-order valence-electron chi connectivity index (χ3n) is 2.40. The number of amides is 1. The fourth-order valence-corrected chi connectivity index (χ4v) is 1.44. The lowest BCUT2D eigenvalue weighted by atomic mass is 10.2. The average Bonchev–Trinajstić information content (AvgIpc) is 2.80. The Labute approximate surface area is 85.9 Å². The van der Waals surface area contributed by atoms with Crippen LogP contribution in [0.1, 0.15) is 23.2 Å². The molecule has 0 radical (unpaired) electrons. The summed E-state index contributed by atoms with van der Waals surface area (Å²) in [7, 11) is 0. The van der Waals surface area contributed by atoms with E-state index in [-0.39, 0.29) is 17.7 Å². The molecule has 0 aromatic carbocycles. The molecule has 1 saturated carbocycles. The van der Waals surface area contributed by atoms with Crippen LogP contribution in [0.3, 0.4) is 0 Å². The van der Waals surface area contributed by atoms with E-state index >= 15 is 0 Å². The summed E-state index contributed by atoms with van der Waals surface area (Å²) in [6.07, 6.45) is 2.98. The molecular weight excluding hydrogens is 206 g/mol. The quantitative estimate of drug-likeness (QED) is 0.796. The number of halogens is 1. The molecule has 1 amide bonds. The minimum Gasteiger partial charge on any atom is -0.452 e. The highest BCUT2D eigenvalue weighted by Gasteiger charge is 2.43. The predicted octanol–water partition coefficient (Wildman–Crippen LogP) is 1.19. The number of carbonyl (C=O) groups excluding carboxylic acids is 1. The van der Waals surface area contributed by atoms with Gasteiger partial charge >= 0.3 is 0 Å². The van der Waals surface area contributed by atoms with Crippen molar-refractivity contribution in [1.82, 2.24) is 5.32 Å². The highest BCUT2D eigenvalue weighted by Crippen LogP contribution is 2.35. The molecule has 0 saturated heterocycles. The monoisotopic (exact) mass is 215 g/mol. The zero-order chi connectivity index (χ0) is 10.2. The molecule has 2 N–H and O–H groups in total. The average molecular weight is 216 g/mol. The van der Waals surface area contributed by atoms with Crippen molar-refractivity contribution in [3.63, 3.8) is 0 Å². The molecule has 5 heteroatoms. The topological polar surface area (TPSA) is 62.5 Å². The van der Waals surface area contributed by atoms with Crippen LogP contribution in [-0.2, 0) is 0 Å². The van der Waals surface area contributed by atoms with Crippen LogP contribution in [0.2, 0.25) is 5.22 Å². The second-order valence-electron chi connectivity index (χ2n) is 3.50. The van der Waals surface area contributed by atoms with Crippen LogP contribution >= 0.6 is 11.6 Å². The maximum atomic E-state index is 11.6. The Balaban J connectivity index is 2.07. The van der Waals surface area contributed by atoms with Gasteiger partial charge in [-0.15, -0.1) is 0 Å². The molecule has 0 aliphatic heterocycles. The summed E-state index contributed by atoms with van der Waals surface area (Å²) in [6, 6.07) is 1.51. The van der Waals surface area contributed by atoms with Gasteiger partial charge in [-0.1, -0.05) is 0 Å². The van der Waals surface area contributed by atoms with Crippen molar-refractivity contribution in [2.75, 3.05) is 6.61 Å². The normalized spacial score (nSPS) is 17.9. The fraction of sp³-hybridized carbons (Fsp3) is 0.444. The summed E-state index contributed by atoms with van der Waals surface area (Å²) in [5.74, 6) is -0.296. The molecule has 4 nitrogen and oxygen atoms in total. The van der Waals surface area contributed by atoms with Crippen molar-refractivity contribution in [2.45, 2.75) is 18.4 Å². The first kappa shape index (κ1) is 9.55. The van der Waals surface area contributed by atoms with E-state index in [0.717, 1.165) is 12.8 Å². The van der Waals surface area contributed by atoms with Crippen LogP contribution in [0.4, 0.5) is 0 Å². The van der Waals surface area contributed by atoms with Gasteiger partial charge in [0.15, 0.2) is 0 Å². The van der Waals surface area contributed by atoms with Crippen molar-refractivity contribution < 1.29 is 14.3 Å². The Morgan fingerprint density at radius 2 is 2.43 bits per heavy atom. The van der Waals surface area contributed by atoms with Crippen molar-refractivity contribution in [3.05, 3.63) is 23.1 Å². The molecule has 0 unspecified atom stereocenters. The summed E-state index contributed by atoms with van der Waals surface area (Å²) in [6.45, 7) is -0.0335. The first-order valence-corrected chi connectivity index (χ1v) is 4.71. The Morgan fingerprint density at radius 1 is 1.71 bits per heavy atom. The molecule has 1 aliphatic rings. The van der Waals surface area contributed by atoms with Crippen molar-refractivity contribution in [2.24, 2.45) is 0 Å². The van der Waals surface area contributed by atoms with E-state index in [2.05, 4.69) is 5.32 Å². The minimum absolute atomic E-state index is 0.0335. The van der Waals surface area contributed by atoms with E-state index in [0.29, 0.717) is 5.56 Å². The lowest BCUT2D eigenvalue weighted by molar-refractivity contribution is 0.0906. The second kappa shape index (κ2) is 3.29. The summed E-state index contributed by atoms with van der Waals surface area (Å²) in [5.41, 5.74) is -0.107. The highest BCUT2D eigenvalue weighted by atomic mass is 35.5. The van der Waals surface area contributed by atoms with Crippen LogP contribution in [0.15, 0.2) is 16.7 Å². The predicted molar refractivity (Wildman–Crippen MR) is 50.2 cm³/mol. The van der Waals surface area contributed by atoms with E-state index in [1.54, 1.807) is 0 Å². The summed E-state index contributed by atoms with van der Waals surface area (Å²) >= 11 is 5.64. The van der Waals surface area contributed by atoms with Crippen LogP contribution in [-0.4, -0.2) is 23.2 Å². The number of carbonyl (C=O) groups is 1. The number of aliphatic hydroxyl groups excluding tert-OH is 1. The van der Waals surface area contributed by atoms with Gasteiger partial charge < -0.3 is 14.8 Å². The van der Waals surface area contributed by atoms with Gasteiger partial charge in [-0.25, -0.2) is 0 Å². The SMILES string of the molecule is O=C(NC1(CO)CC1)c1ccoc1Cl. The number of hydrogen-bond acceptors (Lipinski definition) is 3. The van der Waals surface area contributed by atoms with Gasteiger partial charge in [-0.05, 0) is 30.5 Å². The number of aliphatic hydroxyl groups is 1. The van der Waals surface area contributed by atoms with Crippen LogP contribution in [0.5, 0.6) is 0 Å². The van der Waals surface area contributed by atoms with Gasteiger partial charge in [-0.3, -0.25) is 4.79 Å². The zero-order valence-electron chi connectivity index (χ0n) is 7.42. The standard InChI is InChI=1S/C9H10ClNO3/c10-7-6(1-4-14-7)8(13)11-9(5-12)2-3-9/h1,4,12H,2-3,5H2,(H,11,13). The zero-order valence-corrected chi connectivity index (χ0v) is 8.17. The van der Waals surface area contributed by atoms with E-state index in [1.807, 2.05) is 0 Å². The second-order valence-corrected chi connectivity index (χ2v) is 3.84. The lowest BCUT2D eigenvalue weighted by Gasteiger charge is -2.13. The van der Waals surface area contributed by atoms with E-state index < -0.39 is 5.54 Å². The summed E-state index contributed by atoms with van der Waals surface area (Å²) < 4.78 is 4.80. The van der Waals surface area contributed by atoms with E-state index in [1.165, 1.54) is 12.3 Å². The molecule has 0 atom stereocenters. The molecule has 1 aliphatic carbocycles. The maximum Gasteiger partial charge on any atom is 0.256 e. The van der Waals surface area contributed by atoms with Gasteiger partial charge in [0.05, 0.1) is 24.0 Å². The first-order chi connectivity index (χ1) is 6.67. The van der Waals surface area contributed by atoms with Crippen molar-refractivity contribution >= 4 is 17.5 Å². The first-order valence-electron chi connectivity index (χ1n) is 4.33. The van der Waals surface area contributed by atoms with Crippen molar-refractivity contribution in [1.29, 1.82) is 0 Å². The molecule has 1 aromatic heterocycles. The van der Waals surface area contributed by atoms with Gasteiger partial charge in [0, 0.05) is 0 Å².